The van der Waals surface area contributed by atoms with Gasteiger partial charge >= 0.3 is 12.0 Å². The van der Waals surface area contributed by atoms with Crippen molar-refractivity contribution < 1.29 is 24.5 Å². The van der Waals surface area contributed by atoms with E-state index >= 15 is 0 Å². The maximum Gasteiger partial charge on any atom is 0.328 e. The zero-order valence-electron chi connectivity index (χ0n) is 9.33. The second-order valence-corrected chi connectivity index (χ2v) is 4.39. The van der Waals surface area contributed by atoms with Gasteiger partial charge in [0.2, 0.25) is 0 Å². The summed E-state index contributed by atoms with van der Waals surface area (Å²) in [6, 6.07) is -1.70. The summed E-state index contributed by atoms with van der Waals surface area (Å²) in [5, 5.41) is 19.8. The number of aliphatic carboxylic acids is 1. The van der Waals surface area contributed by atoms with E-state index in [1.165, 1.54) is 0 Å². The van der Waals surface area contributed by atoms with Gasteiger partial charge in [-0.25, -0.2) is 9.59 Å². The van der Waals surface area contributed by atoms with Crippen LogP contribution < -0.4 is 5.32 Å². The Morgan fingerprint density at radius 1 is 1.35 bits per heavy atom. The smallest absolute Gasteiger partial charge is 0.328 e. The van der Waals surface area contributed by atoms with E-state index in [1.54, 1.807) is 4.90 Å². The van der Waals surface area contributed by atoms with Crippen molar-refractivity contribution in [1.29, 1.82) is 0 Å². The number of morpholine rings is 1. The molecule has 2 heterocycles. The van der Waals surface area contributed by atoms with Crippen molar-refractivity contribution in [2.45, 2.75) is 31.1 Å². The SMILES string of the molecule is O=C(O)[C@H](CO)NC(=O)N1CC2CCC(C1)O2. The molecule has 2 amide bonds. The Kier molecular flexibility index (Phi) is 3.49. The number of fused-ring (bicyclic) bond motifs is 2. The van der Waals surface area contributed by atoms with Gasteiger partial charge < -0.3 is 25.2 Å². The fourth-order valence-electron chi connectivity index (χ4n) is 2.21. The van der Waals surface area contributed by atoms with E-state index in [-0.39, 0.29) is 12.2 Å². The predicted molar refractivity (Wildman–Crippen MR) is 56.5 cm³/mol. The quantitative estimate of drug-likeness (QED) is 0.591. The first-order valence-electron chi connectivity index (χ1n) is 5.64. The highest BCUT2D eigenvalue weighted by Gasteiger charge is 2.36. The summed E-state index contributed by atoms with van der Waals surface area (Å²) in [5.74, 6) is -1.24. The molecule has 3 N–H and O–H groups in total. The molecular formula is C10H16N2O5. The van der Waals surface area contributed by atoms with E-state index in [1.807, 2.05) is 0 Å². The topological polar surface area (TPSA) is 99.1 Å². The maximum atomic E-state index is 11.8. The lowest BCUT2D eigenvalue weighted by atomic mass is 10.2. The zero-order chi connectivity index (χ0) is 12.4. The van der Waals surface area contributed by atoms with Crippen molar-refractivity contribution >= 4 is 12.0 Å². The Balaban J connectivity index is 1.89. The summed E-state index contributed by atoms with van der Waals surface area (Å²) < 4.78 is 5.57. The summed E-state index contributed by atoms with van der Waals surface area (Å²) in [6.07, 6.45) is 2.02. The lowest BCUT2D eigenvalue weighted by Crippen LogP contribution is -2.54. The summed E-state index contributed by atoms with van der Waals surface area (Å²) in [6.45, 7) is 0.360. The van der Waals surface area contributed by atoms with Crippen LogP contribution in [0.1, 0.15) is 12.8 Å². The molecule has 0 aromatic heterocycles. The molecule has 7 nitrogen and oxygen atoms in total. The summed E-state index contributed by atoms with van der Waals surface area (Å²) in [4.78, 5) is 24.0. The van der Waals surface area contributed by atoms with E-state index in [4.69, 9.17) is 14.9 Å². The van der Waals surface area contributed by atoms with Gasteiger partial charge in [0.15, 0.2) is 6.04 Å². The van der Waals surface area contributed by atoms with Crippen LogP contribution in [0.25, 0.3) is 0 Å². The van der Waals surface area contributed by atoms with Crippen molar-refractivity contribution in [3.8, 4) is 0 Å². The number of hydrogen-bond donors (Lipinski definition) is 3. The maximum absolute atomic E-state index is 11.8. The monoisotopic (exact) mass is 244 g/mol. The highest BCUT2D eigenvalue weighted by Crippen LogP contribution is 2.26. The number of aliphatic hydroxyl groups is 1. The van der Waals surface area contributed by atoms with Gasteiger partial charge in [-0.1, -0.05) is 0 Å². The van der Waals surface area contributed by atoms with Crippen molar-refractivity contribution in [3.63, 3.8) is 0 Å². The van der Waals surface area contributed by atoms with Crippen molar-refractivity contribution in [3.05, 3.63) is 0 Å². The standard InChI is InChI=1S/C10H16N2O5/c13-5-8(9(14)15)11-10(16)12-3-6-1-2-7(4-12)17-6/h6-8,13H,1-5H2,(H,11,16)(H,14,15)/t6?,7?,8-/m0/s1. The first-order chi connectivity index (χ1) is 8.10. The lowest BCUT2D eigenvalue weighted by molar-refractivity contribution is -0.140. The van der Waals surface area contributed by atoms with Crippen LogP contribution in [0, 0.1) is 0 Å². The number of rotatable bonds is 3. The number of ether oxygens (including phenoxy) is 1. The number of carbonyl (C=O) groups excluding carboxylic acids is 1. The molecule has 2 aliphatic heterocycles. The lowest BCUT2D eigenvalue weighted by Gasteiger charge is -2.32. The molecule has 0 spiro atoms. The van der Waals surface area contributed by atoms with Gasteiger partial charge in [-0.05, 0) is 12.8 Å². The molecule has 0 aromatic rings. The van der Waals surface area contributed by atoms with Crippen LogP contribution in [0.15, 0.2) is 0 Å². The Morgan fingerprint density at radius 2 is 1.94 bits per heavy atom. The Labute approximate surface area is 98.3 Å². The van der Waals surface area contributed by atoms with Crippen LogP contribution in [0.4, 0.5) is 4.79 Å². The molecule has 17 heavy (non-hydrogen) atoms. The first-order valence-corrected chi connectivity index (χ1v) is 5.64. The Hall–Kier alpha value is -1.34. The summed E-state index contributed by atoms with van der Waals surface area (Å²) in [5.41, 5.74) is 0. The number of nitrogens with one attached hydrogen (secondary N) is 1. The first kappa shape index (κ1) is 12.1. The number of amides is 2. The molecule has 2 saturated heterocycles. The fourth-order valence-corrected chi connectivity index (χ4v) is 2.21. The van der Waals surface area contributed by atoms with Gasteiger partial charge in [-0.15, -0.1) is 0 Å². The third kappa shape index (κ3) is 2.67. The molecule has 0 aromatic carbocycles. The molecule has 0 saturated carbocycles. The summed E-state index contributed by atoms with van der Waals surface area (Å²) >= 11 is 0. The molecule has 0 aliphatic carbocycles. The Morgan fingerprint density at radius 3 is 2.41 bits per heavy atom. The van der Waals surface area contributed by atoms with Gasteiger partial charge in [0.25, 0.3) is 0 Å². The number of carboxylic acid groups (broad SMARTS) is 1. The second-order valence-electron chi connectivity index (χ2n) is 4.39. The largest absolute Gasteiger partial charge is 0.480 e. The number of carboxylic acids is 1. The number of likely N-dealkylation sites (tertiary alicyclic amines) is 1. The normalized spacial score (nSPS) is 28.9. The molecule has 96 valence electrons. The minimum Gasteiger partial charge on any atom is -0.480 e. The average molecular weight is 244 g/mol. The zero-order valence-corrected chi connectivity index (χ0v) is 9.33. The highest BCUT2D eigenvalue weighted by molar-refractivity contribution is 5.82. The van der Waals surface area contributed by atoms with Crippen molar-refractivity contribution in [1.82, 2.24) is 10.2 Å². The minimum atomic E-state index is -1.25. The van der Waals surface area contributed by atoms with E-state index < -0.39 is 24.6 Å². The third-order valence-electron chi connectivity index (χ3n) is 3.11. The fraction of sp³-hybridized carbons (Fsp3) is 0.800. The van der Waals surface area contributed by atoms with Gasteiger partial charge in [-0.2, -0.15) is 0 Å². The van der Waals surface area contributed by atoms with Gasteiger partial charge in [0, 0.05) is 13.1 Å². The number of carbonyl (C=O) groups is 2. The number of urea groups is 1. The van der Waals surface area contributed by atoms with E-state index in [2.05, 4.69) is 5.32 Å². The molecule has 3 atom stereocenters. The number of hydrogen-bond acceptors (Lipinski definition) is 4. The van der Waals surface area contributed by atoms with E-state index in [0.29, 0.717) is 13.1 Å². The highest BCUT2D eigenvalue weighted by atomic mass is 16.5. The van der Waals surface area contributed by atoms with Crippen LogP contribution in [0.3, 0.4) is 0 Å². The number of aliphatic hydroxyl groups excluding tert-OH is 1. The van der Waals surface area contributed by atoms with E-state index in [0.717, 1.165) is 12.8 Å². The minimum absolute atomic E-state index is 0.0666. The third-order valence-corrected chi connectivity index (χ3v) is 3.11. The van der Waals surface area contributed by atoms with Crippen LogP contribution in [0.2, 0.25) is 0 Å². The van der Waals surface area contributed by atoms with Gasteiger partial charge in [0.05, 0.1) is 18.8 Å². The molecule has 2 fully saturated rings. The van der Waals surface area contributed by atoms with Crippen molar-refractivity contribution in [2.75, 3.05) is 19.7 Å². The molecule has 2 unspecified atom stereocenters. The summed E-state index contributed by atoms with van der Waals surface area (Å²) in [7, 11) is 0. The molecule has 2 rings (SSSR count). The van der Waals surface area contributed by atoms with E-state index in [9.17, 15) is 9.59 Å². The van der Waals surface area contributed by atoms with Crippen LogP contribution in [0.5, 0.6) is 0 Å². The number of nitrogens with zero attached hydrogens (tertiary/aromatic N) is 1. The van der Waals surface area contributed by atoms with Gasteiger partial charge in [-0.3, -0.25) is 0 Å². The predicted octanol–water partition coefficient (Wildman–Crippen LogP) is -0.995. The van der Waals surface area contributed by atoms with Crippen LogP contribution in [-0.4, -0.2) is 65.1 Å². The van der Waals surface area contributed by atoms with Gasteiger partial charge in [0.1, 0.15) is 0 Å². The van der Waals surface area contributed by atoms with Crippen LogP contribution >= 0.6 is 0 Å². The molecular weight excluding hydrogens is 228 g/mol. The average Bonchev–Trinajstić information content (AvgIpc) is 2.64. The molecule has 2 bridgehead atoms. The Bertz CT molecular complexity index is 310. The molecule has 2 aliphatic rings. The molecule has 0 radical (unpaired) electrons. The molecule has 7 heteroatoms. The van der Waals surface area contributed by atoms with Crippen LogP contribution in [-0.2, 0) is 9.53 Å². The van der Waals surface area contributed by atoms with Crippen molar-refractivity contribution in [2.24, 2.45) is 0 Å². The second kappa shape index (κ2) is 4.89.